The van der Waals surface area contributed by atoms with Crippen LogP contribution in [0.15, 0.2) is 48.5 Å². The molecular weight excluding hydrogens is 321 g/mol. The van der Waals surface area contributed by atoms with Crippen LogP contribution in [0.2, 0.25) is 0 Å². The van der Waals surface area contributed by atoms with Crippen molar-refractivity contribution in [3.05, 3.63) is 71.0 Å². The van der Waals surface area contributed by atoms with Gasteiger partial charge >= 0.3 is 5.97 Å². The Labute approximate surface area is 134 Å². The van der Waals surface area contributed by atoms with E-state index < -0.39 is 16.0 Å². The second-order valence-corrected chi connectivity index (χ2v) is 6.70. The standard InChI is InChI=1S/C16H16FNO4S/c1-22-16(19)14-6-2-13(3-7-14)11-23(20,21)18-10-12-4-8-15(17)9-5-12/h2-9,18H,10-11H2,1H3. The average Bonchev–Trinajstić information content (AvgIpc) is 2.54. The highest BCUT2D eigenvalue weighted by atomic mass is 32.2. The van der Waals surface area contributed by atoms with E-state index in [1.807, 2.05) is 0 Å². The van der Waals surface area contributed by atoms with Crippen molar-refractivity contribution < 1.29 is 22.3 Å². The molecule has 0 amide bonds. The van der Waals surface area contributed by atoms with Crippen molar-refractivity contribution in [2.45, 2.75) is 12.3 Å². The van der Waals surface area contributed by atoms with Gasteiger partial charge in [0.05, 0.1) is 18.4 Å². The van der Waals surface area contributed by atoms with Crippen molar-refractivity contribution in [2.24, 2.45) is 0 Å². The van der Waals surface area contributed by atoms with E-state index in [-0.39, 0.29) is 18.1 Å². The number of benzene rings is 2. The van der Waals surface area contributed by atoms with E-state index in [9.17, 15) is 17.6 Å². The number of hydrogen-bond donors (Lipinski definition) is 1. The molecule has 0 saturated carbocycles. The van der Waals surface area contributed by atoms with E-state index in [2.05, 4.69) is 9.46 Å². The molecule has 0 unspecified atom stereocenters. The molecule has 0 saturated heterocycles. The fourth-order valence-electron chi connectivity index (χ4n) is 1.92. The average molecular weight is 337 g/mol. The zero-order valence-corrected chi connectivity index (χ0v) is 13.3. The van der Waals surface area contributed by atoms with Crippen LogP contribution >= 0.6 is 0 Å². The number of carbonyl (C=O) groups is 1. The lowest BCUT2D eigenvalue weighted by Crippen LogP contribution is -2.24. The number of carbonyl (C=O) groups excluding carboxylic acids is 1. The molecular formula is C16H16FNO4S. The van der Waals surface area contributed by atoms with E-state index in [0.29, 0.717) is 16.7 Å². The van der Waals surface area contributed by atoms with Gasteiger partial charge in [0.25, 0.3) is 0 Å². The third-order valence-electron chi connectivity index (χ3n) is 3.14. The molecule has 0 fully saturated rings. The number of esters is 1. The molecule has 0 atom stereocenters. The lowest BCUT2D eigenvalue weighted by atomic mass is 10.1. The van der Waals surface area contributed by atoms with Crippen LogP contribution in [-0.4, -0.2) is 21.5 Å². The van der Waals surface area contributed by atoms with Crippen LogP contribution < -0.4 is 4.72 Å². The zero-order valence-electron chi connectivity index (χ0n) is 12.5. The maximum Gasteiger partial charge on any atom is 0.337 e. The topological polar surface area (TPSA) is 72.5 Å². The largest absolute Gasteiger partial charge is 0.465 e. The third-order valence-corrected chi connectivity index (χ3v) is 4.44. The van der Waals surface area contributed by atoms with Crippen LogP contribution in [0.5, 0.6) is 0 Å². The molecule has 0 spiro atoms. The van der Waals surface area contributed by atoms with Crippen molar-refractivity contribution in [1.29, 1.82) is 0 Å². The van der Waals surface area contributed by atoms with Gasteiger partial charge in [0.2, 0.25) is 10.0 Å². The van der Waals surface area contributed by atoms with Crippen molar-refractivity contribution in [1.82, 2.24) is 4.72 Å². The van der Waals surface area contributed by atoms with Gasteiger partial charge in [-0.3, -0.25) is 0 Å². The van der Waals surface area contributed by atoms with Gasteiger partial charge < -0.3 is 4.74 Å². The number of nitrogens with one attached hydrogen (secondary N) is 1. The summed E-state index contributed by atoms with van der Waals surface area (Å²) >= 11 is 0. The van der Waals surface area contributed by atoms with Gasteiger partial charge in [0.15, 0.2) is 0 Å². The molecule has 0 bridgehead atoms. The Kier molecular flexibility index (Phi) is 5.46. The Balaban J connectivity index is 1.97. The predicted octanol–water partition coefficient (Wildman–Crippen LogP) is 2.23. The first-order chi connectivity index (χ1) is 10.9. The van der Waals surface area contributed by atoms with E-state index in [1.54, 1.807) is 12.1 Å². The number of sulfonamides is 1. The van der Waals surface area contributed by atoms with Crippen LogP contribution in [0.25, 0.3) is 0 Å². The molecule has 0 aliphatic carbocycles. The third kappa shape index (κ3) is 5.15. The smallest absolute Gasteiger partial charge is 0.337 e. The van der Waals surface area contributed by atoms with E-state index in [1.165, 1.54) is 43.5 Å². The Morgan fingerprint density at radius 2 is 1.61 bits per heavy atom. The van der Waals surface area contributed by atoms with Gasteiger partial charge in [0, 0.05) is 6.54 Å². The van der Waals surface area contributed by atoms with Crippen molar-refractivity contribution in [2.75, 3.05) is 7.11 Å². The summed E-state index contributed by atoms with van der Waals surface area (Å²) in [6.45, 7) is 0.0862. The maximum absolute atomic E-state index is 12.8. The number of halogens is 1. The van der Waals surface area contributed by atoms with Crippen LogP contribution in [0.3, 0.4) is 0 Å². The molecule has 2 aromatic carbocycles. The fraction of sp³-hybridized carbons (Fsp3) is 0.188. The van der Waals surface area contributed by atoms with Crippen LogP contribution in [0, 0.1) is 5.82 Å². The summed E-state index contributed by atoms with van der Waals surface area (Å²) < 4.78 is 43.9. The molecule has 23 heavy (non-hydrogen) atoms. The quantitative estimate of drug-likeness (QED) is 0.821. The highest BCUT2D eigenvalue weighted by Gasteiger charge is 2.12. The minimum atomic E-state index is -3.54. The van der Waals surface area contributed by atoms with Crippen molar-refractivity contribution in [3.8, 4) is 0 Å². The Morgan fingerprint density at radius 1 is 1.04 bits per heavy atom. The molecule has 0 aliphatic heterocycles. The first-order valence-electron chi connectivity index (χ1n) is 6.79. The van der Waals surface area contributed by atoms with E-state index in [0.717, 1.165) is 0 Å². The second kappa shape index (κ2) is 7.34. The van der Waals surface area contributed by atoms with Crippen LogP contribution in [-0.2, 0) is 27.1 Å². The molecule has 0 heterocycles. The number of rotatable bonds is 6. The number of hydrogen-bond acceptors (Lipinski definition) is 4. The van der Waals surface area contributed by atoms with Gasteiger partial charge in [-0.05, 0) is 35.4 Å². The lowest BCUT2D eigenvalue weighted by Gasteiger charge is -2.07. The summed E-state index contributed by atoms with van der Waals surface area (Å²) in [7, 11) is -2.26. The van der Waals surface area contributed by atoms with Gasteiger partial charge in [-0.25, -0.2) is 22.3 Å². The summed E-state index contributed by atoms with van der Waals surface area (Å²) in [5, 5.41) is 0. The van der Waals surface area contributed by atoms with Crippen molar-refractivity contribution >= 4 is 16.0 Å². The zero-order chi connectivity index (χ0) is 16.9. The molecule has 2 rings (SSSR count). The summed E-state index contributed by atoms with van der Waals surface area (Å²) in [4.78, 5) is 11.3. The summed E-state index contributed by atoms with van der Waals surface area (Å²) in [6, 6.07) is 11.7. The minimum Gasteiger partial charge on any atom is -0.465 e. The van der Waals surface area contributed by atoms with E-state index in [4.69, 9.17) is 0 Å². The summed E-state index contributed by atoms with van der Waals surface area (Å²) in [6.07, 6.45) is 0. The second-order valence-electron chi connectivity index (χ2n) is 4.90. The predicted molar refractivity (Wildman–Crippen MR) is 83.6 cm³/mol. The lowest BCUT2D eigenvalue weighted by molar-refractivity contribution is 0.0600. The molecule has 122 valence electrons. The van der Waals surface area contributed by atoms with Gasteiger partial charge in [0.1, 0.15) is 5.82 Å². The molecule has 0 radical (unpaired) electrons. The summed E-state index contributed by atoms with van der Waals surface area (Å²) in [5.41, 5.74) is 1.56. The highest BCUT2D eigenvalue weighted by molar-refractivity contribution is 7.88. The SMILES string of the molecule is COC(=O)c1ccc(CS(=O)(=O)NCc2ccc(F)cc2)cc1. The molecule has 1 N–H and O–H groups in total. The maximum atomic E-state index is 12.8. The van der Waals surface area contributed by atoms with Gasteiger partial charge in [-0.2, -0.15) is 0 Å². The molecule has 2 aromatic rings. The Bertz CT molecular complexity index is 771. The molecule has 0 aliphatic rings. The fourth-order valence-corrected chi connectivity index (χ4v) is 3.04. The van der Waals surface area contributed by atoms with Gasteiger partial charge in [-0.15, -0.1) is 0 Å². The van der Waals surface area contributed by atoms with E-state index >= 15 is 0 Å². The molecule has 5 nitrogen and oxygen atoms in total. The minimum absolute atomic E-state index is 0.0862. The first-order valence-corrected chi connectivity index (χ1v) is 8.44. The molecule has 7 heteroatoms. The number of methoxy groups -OCH3 is 1. The Hall–Kier alpha value is -2.25. The Morgan fingerprint density at radius 3 is 2.17 bits per heavy atom. The van der Waals surface area contributed by atoms with Crippen molar-refractivity contribution in [3.63, 3.8) is 0 Å². The highest BCUT2D eigenvalue weighted by Crippen LogP contribution is 2.10. The summed E-state index contributed by atoms with van der Waals surface area (Å²) in [5.74, 6) is -1.06. The molecule has 0 aromatic heterocycles. The first kappa shape index (κ1) is 17.1. The van der Waals surface area contributed by atoms with Gasteiger partial charge in [-0.1, -0.05) is 24.3 Å². The normalized spacial score (nSPS) is 11.2. The monoisotopic (exact) mass is 337 g/mol. The van der Waals surface area contributed by atoms with Crippen LogP contribution in [0.4, 0.5) is 4.39 Å². The number of ether oxygens (including phenoxy) is 1. The van der Waals surface area contributed by atoms with Crippen LogP contribution in [0.1, 0.15) is 21.5 Å².